The lowest BCUT2D eigenvalue weighted by Crippen LogP contribution is -2.30. The van der Waals surface area contributed by atoms with E-state index in [9.17, 15) is 9.59 Å². The Morgan fingerprint density at radius 3 is 2.10 bits per heavy atom. The topological polar surface area (TPSA) is 58.2 Å². The minimum absolute atomic E-state index is 0.0780. The molecular weight excluding hydrogens is 360 g/mol. The molecule has 0 saturated carbocycles. The number of aryl methyl sites for hydroxylation is 2. The largest absolute Gasteiger partial charge is 0.350 e. The minimum Gasteiger partial charge on any atom is -0.350 e. The van der Waals surface area contributed by atoms with E-state index in [0.29, 0.717) is 16.8 Å². The molecule has 3 aromatic carbocycles. The van der Waals surface area contributed by atoms with Crippen LogP contribution in [0.5, 0.6) is 0 Å². The first-order valence-electron chi connectivity index (χ1n) is 9.87. The quantitative estimate of drug-likeness (QED) is 0.609. The summed E-state index contributed by atoms with van der Waals surface area (Å²) in [5.74, 6) is -0.267. The van der Waals surface area contributed by atoms with E-state index in [-0.39, 0.29) is 17.9 Å². The van der Waals surface area contributed by atoms with Gasteiger partial charge in [-0.25, -0.2) is 0 Å². The highest BCUT2D eigenvalue weighted by molar-refractivity contribution is 6.05. The summed E-state index contributed by atoms with van der Waals surface area (Å²) in [5, 5.41) is 5.79. The van der Waals surface area contributed by atoms with Crippen molar-refractivity contribution in [3.63, 3.8) is 0 Å². The first-order chi connectivity index (χ1) is 14.0. The molecule has 148 valence electrons. The molecule has 4 heteroatoms. The molecule has 2 amide bonds. The van der Waals surface area contributed by atoms with Gasteiger partial charge in [-0.3, -0.25) is 9.59 Å². The maximum absolute atomic E-state index is 12.8. The fraction of sp³-hybridized carbons (Fsp3) is 0.200. The Labute approximate surface area is 172 Å². The number of hydrogen-bond donors (Lipinski definition) is 2. The van der Waals surface area contributed by atoms with Crippen molar-refractivity contribution in [2.24, 2.45) is 0 Å². The van der Waals surface area contributed by atoms with Gasteiger partial charge in [0.15, 0.2) is 0 Å². The van der Waals surface area contributed by atoms with Gasteiger partial charge in [0.05, 0.1) is 0 Å². The highest BCUT2D eigenvalue weighted by atomic mass is 16.2. The van der Waals surface area contributed by atoms with Crippen molar-refractivity contribution in [3.8, 4) is 0 Å². The zero-order valence-corrected chi connectivity index (χ0v) is 16.8. The first-order valence-corrected chi connectivity index (χ1v) is 9.87. The number of rotatable bonds is 7. The second-order valence-electron chi connectivity index (χ2n) is 7.30. The Bertz CT molecular complexity index is 964. The molecule has 0 aliphatic heterocycles. The van der Waals surface area contributed by atoms with Gasteiger partial charge in [0, 0.05) is 22.9 Å². The average molecular weight is 386 g/mol. The van der Waals surface area contributed by atoms with Crippen molar-refractivity contribution >= 4 is 17.5 Å². The second-order valence-corrected chi connectivity index (χ2v) is 7.30. The Hall–Kier alpha value is -3.40. The van der Waals surface area contributed by atoms with Crippen molar-refractivity contribution in [1.29, 1.82) is 0 Å². The van der Waals surface area contributed by atoms with E-state index < -0.39 is 0 Å². The summed E-state index contributed by atoms with van der Waals surface area (Å²) in [6.45, 7) is 3.84. The van der Waals surface area contributed by atoms with Gasteiger partial charge < -0.3 is 10.6 Å². The van der Waals surface area contributed by atoms with Crippen LogP contribution in [0.2, 0.25) is 0 Å². The van der Waals surface area contributed by atoms with Crippen molar-refractivity contribution in [3.05, 3.63) is 101 Å². The van der Waals surface area contributed by atoms with Gasteiger partial charge in [-0.2, -0.15) is 0 Å². The van der Waals surface area contributed by atoms with Crippen LogP contribution in [-0.4, -0.2) is 17.9 Å². The van der Waals surface area contributed by atoms with E-state index in [1.807, 2.05) is 56.3 Å². The fourth-order valence-electron chi connectivity index (χ4n) is 3.13. The molecule has 29 heavy (non-hydrogen) atoms. The van der Waals surface area contributed by atoms with Crippen LogP contribution >= 0.6 is 0 Å². The number of anilines is 1. The summed E-state index contributed by atoms with van der Waals surface area (Å²) in [4.78, 5) is 24.9. The van der Waals surface area contributed by atoms with Crippen LogP contribution in [0.3, 0.4) is 0 Å². The Morgan fingerprint density at radius 1 is 0.759 bits per heavy atom. The van der Waals surface area contributed by atoms with Crippen LogP contribution in [0.15, 0.2) is 78.9 Å². The van der Waals surface area contributed by atoms with Crippen molar-refractivity contribution in [1.82, 2.24) is 5.32 Å². The van der Waals surface area contributed by atoms with Crippen molar-refractivity contribution < 1.29 is 9.59 Å². The van der Waals surface area contributed by atoms with E-state index in [1.165, 1.54) is 5.56 Å². The van der Waals surface area contributed by atoms with Crippen LogP contribution in [0.1, 0.15) is 45.7 Å². The molecule has 0 aliphatic rings. The van der Waals surface area contributed by atoms with Crippen LogP contribution < -0.4 is 10.6 Å². The van der Waals surface area contributed by atoms with Gasteiger partial charge in [0.2, 0.25) is 0 Å². The van der Waals surface area contributed by atoms with Crippen LogP contribution in [0.4, 0.5) is 5.69 Å². The molecule has 0 radical (unpaired) electrons. The lowest BCUT2D eigenvalue weighted by Gasteiger charge is -2.11. The molecule has 0 spiro atoms. The molecule has 0 atom stereocenters. The predicted octanol–water partition coefficient (Wildman–Crippen LogP) is 4.86. The molecule has 0 saturated heterocycles. The van der Waals surface area contributed by atoms with Crippen molar-refractivity contribution in [2.75, 3.05) is 5.32 Å². The standard InChI is InChI=1S/C25H26N2O2/c1-18(2)26-24(28)21-14-16-22(17-15-21)27-25(29)23-11-7-6-10-20(23)13-12-19-8-4-3-5-9-19/h3-11,14-18H,12-13H2,1-2H3,(H,26,28)(H,27,29). The number of benzene rings is 3. The Balaban J connectivity index is 1.67. The van der Waals surface area contributed by atoms with Gasteiger partial charge in [-0.1, -0.05) is 48.5 Å². The monoisotopic (exact) mass is 386 g/mol. The first kappa shape index (κ1) is 20.3. The zero-order chi connectivity index (χ0) is 20.6. The van der Waals surface area contributed by atoms with E-state index >= 15 is 0 Å². The molecule has 0 aliphatic carbocycles. The lowest BCUT2D eigenvalue weighted by molar-refractivity contribution is 0.0942. The smallest absolute Gasteiger partial charge is 0.255 e. The summed E-state index contributed by atoms with van der Waals surface area (Å²) >= 11 is 0. The third kappa shape index (κ3) is 5.79. The summed E-state index contributed by atoms with van der Waals surface area (Å²) in [7, 11) is 0. The van der Waals surface area contributed by atoms with E-state index in [4.69, 9.17) is 0 Å². The maximum Gasteiger partial charge on any atom is 0.255 e. The molecule has 0 fully saturated rings. The second kappa shape index (κ2) is 9.69. The molecule has 0 aromatic heterocycles. The fourth-order valence-corrected chi connectivity index (χ4v) is 3.13. The maximum atomic E-state index is 12.8. The van der Waals surface area contributed by atoms with E-state index in [2.05, 4.69) is 22.8 Å². The van der Waals surface area contributed by atoms with Gasteiger partial charge in [-0.15, -0.1) is 0 Å². The number of carbonyl (C=O) groups is 2. The van der Waals surface area contributed by atoms with Gasteiger partial charge in [-0.05, 0) is 68.1 Å². The number of carbonyl (C=O) groups excluding carboxylic acids is 2. The van der Waals surface area contributed by atoms with Gasteiger partial charge in [0.1, 0.15) is 0 Å². The normalized spacial score (nSPS) is 10.6. The number of nitrogens with one attached hydrogen (secondary N) is 2. The summed E-state index contributed by atoms with van der Waals surface area (Å²) in [5.41, 5.74) is 4.17. The minimum atomic E-state index is -0.145. The molecular formula is C25H26N2O2. The third-order valence-electron chi connectivity index (χ3n) is 4.61. The molecule has 4 nitrogen and oxygen atoms in total. The zero-order valence-electron chi connectivity index (χ0n) is 16.8. The van der Waals surface area contributed by atoms with Crippen LogP contribution in [0, 0.1) is 0 Å². The summed E-state index contributed by atoms with van der Waals surface area (Å²) < 4.78 is 0. The molecule has 0 unspecified atom stereocenters. The van der Waals surface area contributed by atoms with Crippen LogP contribution in [-0.2, 0) is 12.8 Å². The summed E-state index contributed by atoms with van der Waals surface area (Å²) in [6, 6.07) is 24.9. The lowest BCUT2D eigenvalue weighted by atomic mass is 9.99. The van der Waals surface area contributed by atoms with Crippen molar-refractivity contribution in [2.45, 2.75) is 32.7 Å². The molecule has 0 bridgehead atoms. The third-order valence-corrected chi connectivity index (χ3v) is 4.61. The highest BCUT2D eigenvalue weighted by Crippen LogP contribution is 2.16. The summed E-state index contributed by atoms with van der Waals surface area (Å²) in [6.07, 6.45) is 1.67. The molecule has 0 heterocycles. The Kier molecular flexibility index (Phi) is 6.80. The van der Waals surface area contributed by atoms with Gasteiger partial charge in [0.25, 0.3) is 11.8 Å². The average Bonchev–Trinajstić information content (AvgIpc) is 2.73. The number of amides is 2. The van der Waals surface area contributed by atoms with Gasteiger partial charge >= 0.3 is 0 Å². The molecule has 2 N–H and O–H groups in total. The Morgan fingerprint density at radius 2 is 1.41 bits per heavy atom. The van der Waals surface area contributed by atoms with E-state index in [0.717, 1.165) is 18.4 Å². The highest BCUT2D eigenvalue weighted by Gasteiger charge is 2.12. The SMILES string of the molecule is CC(C)NC(=O)c1ccc(NC(=O)c2ccccc2CCc2ccccc2)cc1. The number of hydrogen-bond acceptors (Lipinski definition) is 2. The van der Waals surface area contributed by atoms with E-state index in [1.54, 1.807) is 24.3 Å². The molecule has 3 rings (SSSR count). The molecule has 3 aromatic rings. The van der Waals surface area contributed by atoms with Crippen LogP contribution in [0.25, 0.3) is 0 Å². The predicted molar refractivity (Wildman–Crippen MR) is 117 cm³/mol.